The van der Waals surface area contributed by atoms with Crippen molar-refractivity contribution < 1.29 is 19.1 Å². The zero-order valence-corrected chi connectivity index (χ0v) is 14.1. The molecule has 0 unspecified atom stereocenters. The molecule has 0 radical (unpaired) electrons. The molecule has 128 valence electrons. The number of para-hydroxylation sites is 1. The lowest BCUT2D eigenvalue weighted by molar-refractivity contribution is 0.0600. The summed E-state index contributed by atoms with van der Waals surface area (Å²) < 4.78 is 4.59. The summed E-state index contributed by atoms with van der Waals surface area (Å²) in [5, 5.41) is 5.25. The van der Waals surface area contributed by atoms with Crippen molar-refractivity contribution in [3.8, 4) is 0 Å². The van der Waals surface area contributed by atoms with Gasteiger partial charge in [0.2, 0.25) is 0 Å². The van der Waals surface area contributed by atoms with Crippen molar-refractivity contribution in [2.24, 2.45) is 5.73 Å². The molecule has 0 saturated carbocycles. The molecule has 0 aliphatic carbocycles. The van der Waals surface area contributed by atoms with Crippen molar-refractivity contribution in [1.29, 1.82) is 0 Å². The van der Waals surface area contributed by atoms with Gasteiger partial charge >= 0.3 is 5.97 Å². The quantitative estimate of drug-likeness (QED) is 0.567. The number of benzene rings is 2. The fourth-order valence-corrected chi connectivity index (χ4v) is 2.21. The predicted molar refractivity (Wildman–Crippen MR) is 96.4 cm³/mol. The Bertz CT molecular complexity index is 834. The number of carbonyl (C=O) groups is 3. The van der Waals surface area contributed by atoms with Gasteiger partial charge < -0.3 is 15.8 Å². The Morgan fingerprint density at radius 1 is 1.00 bits per heavy atom. The topological polar surface area (TPSA) is 111 Å². The Morgan fingerprint density at radius 2 is 1.60 bits per heavy atom. The summed E-state index contributed by atoms with van der Waals surface area (Å²) in [6.45, 7) is 0. The minimum Gasteiger partial charge on any atom is -0.465 e. The first-order valence-corrected chi connectivity index (χ1v) is 7.52. The third-order valence-corrected chi connectivity index (χ3v) is 3.44. The van der Waals surface area contributed by atoms with E-state index in [4.69, 9.17) is 18.0 Å². The van der Waals surface area contributed by atoms with Crippen molar-refractivity contribution in [2.75, 3.05) is 12.4 Å². The van der Waals surface area contributed by atoms with Crippen LogP contribution in [-0.2, 0) is 4.74 Å². The van der Waals surface area contributed by atoms with Gasteiger partial charge in [-0.2, -0.15) is 0 Å². The fraction of sp³-hybridized carbons (Fsp3) is 0.0588. The van der Waals surface area contributed by atoms with E-state index in [1.807, 2.05) is 0 Å². The largest absolute Gasteiger partial charge is 0.465 e. The molecule has 25 heavy (non-hydrogen) atoms. The smallest absolute Gasteiger partial charge is 0.337 e. The molecule has 0 bridgehead atoms. The summed E-state index contributed by atoms with van der Waals surface area (Å²) in [4.78, 5) is 34.9. The van der Waals surface area contributed by atoms with E-state index in [9.17, 15) is 14.4 Å². The summed E-state index contributed by atoms with van der Waals surface area (Å²) in [6.07, 6.45) is 0. The summed E-state index contributed by atoms with van der Waals surface area (Å²) >= 11 is 5.08. The zero-order chi connectivity index (χ0) is 18.4. The van der Waals surface area contributed by atoms with Crippen LogP contribution in [0.15, 0.2) is 48.5 Å². The molecule has 2 amide bonds. The lowest BCUT2D eigenvalue weighted by Crippen LogP contribution is -2.34. The molecule has 2 aromatic carbocycles. The molecule has 7 nitrogen and oxygen atoms in total. The third-order valence-electron chi connectivity index (χ3n) is 3.24. The predicted octanol–water partition coefficient (Wildman–Crippen LogP) is 1.70. The van der Waals surface area contributed by atoms with Crippen LogP contribution in [0, 0.1) is 0 Å². The minimum atomic E-state index is -0.615. The highest BCUT2D eigenvalue weighted by Gasteiger charge is 2.12. The van der Waals surface area contributed by atoms with Gasteiger partial charge in [0.15, 0.2) is 5.11 Å². The van der Waals surface area contributed by atoms with Crippen LogP contribution < -0.4 is 16.4 Å². The van der Waals surface area contributed by atoms with E-state index in [1.165, 1.54) is 31.4 Å². The molecule has 0 fully saturated rings. The van der Waals surface area contributed by atoms with Crippen LogP contribution in [0.4, 0.5) is 5.69 Å². The number of rotatable bonds is 4. The number of nitrogens with one attached hydrogen (secondary N) is 2. The van der Waals surface area contributed by atoms with Gasteiger partial charge in [-0.3, -0.25) is 14.9 Å². The van der Waals surface area contributed by atoms with Gasteiger partial charge in [-0.25, -0.2) is 4.79 Å². The van der Waals surface area contributed by atoms with Crippen molar-refractivity contribution in [3.63, 3.8) is 0 Å². The van der Waals surface area contributed by atoms with E-state index in [0.29, 0.717) is 16.8 Å². The monoisotopic (exact) mass is 357 g/mol. The average molecular weight is 357 g/mol. The Labute approximate surface area is 149 Å². The second-order valence-electron chi connectivity index (χ2n) is 4.89. The van der Waals surface area contributed by atoms with Gasteiger partial charge in [0, 0.05) is 5.56 Å². The van der Waals surface area contributed by atoms with E-state index in [1.54, 1.807) is 24.3 Å². The molecule has 2 aromatic rings. The number of primary amides is 1. The van der Waals surface area contributed by atoms with Crippen LogP contribution in [0.5, 0.6) is 0 Å². The lowest BCUT2D eigenvalue weighted by Gasteiger charge is -2.12. The molecule has 0 heterocycles. The average Bonchev–Trinajstić information content (AvgIpc) is 2.61. The summed E-state index contributed by atoms with van der Waals surface area (Å²) in [6, 6.07) is 12.4. The first-order chi connectivity index (χ1) is 11.9. The second kappa shape index (κ2) is 8.02. The molecule has 4 N–H and O–H groups in total. The van der Waals surface area contributed by atoms with Crippen LogP contribution in [0.1, 0.15) is 31.1 Å². The molecular weight excluding hydrogens is 342 g/mol. The first-order valence-electron chi connectivity index (χ1n) is 7.12. The Balaban J connectivity index is 2.04. The Kier molecular flexibility index (Phi) is 5.80. The van der Waals surface area contributed by atoms with E-state index < -0.39 is 17.8 Å². The molecule has 0 aromatic heterocycles. The molecular formula is C17H15N3O4S. The molecule has 0 aliphatic heterocycles. The maximum atomic E-state index is 12.2. The number of nitrogens with two attached hydrogens (primary N) is 1. The fourth-order valence-electron chi connectivity index (χ4n) is 2.01. The molecule has 8 heteroatoms. The van der Waals surface area contributed by atoms with E-state index in [2.05, 4.69) is 15.4 Å². The third kappa shape index (κ3) is 4.61. The van der Waals surface area contributed by atoms with Gasteiger partial charge in [0.05, 0.1) is 23.9 Å². The van der Waals surface area contributed by atoms with E-state index >= 15 is 0 Å². The van der Waals surface area contributed by atoms with Crippen LogP contribution >= 0.6 is 12.2 Å². The van der Waals surface area contributed by atoms with Crippen molar-refractivity contribution in [1.82, 2.24) is 5.32 Å². The summed E-state index contributed by atoms with van der Waals surface area (Å²) in [5.41, 5.74) is 6.56. The van der Waals surface area contributed by atoms with Gasteiger partial charge in [-0.05, 0) is 48.6 Å². The highest BCUT2D eigenvalue weighted by Crippen LogP contribution is 2.14. The number of hydrogen-bond acceptors (Lipinski definition) is 5. The summed E-state index contributed by atoms with van der Waals surface area (Å²) in [7, 11) is 1.27. The number of thiocarbonyl (C=S) groups is 1. The maximum Gasteiger partial charge on any atom is 0.337 e. The van der Waals surface area contributed by atoms with Crippen molar-refractivity contribution in [3.05, 3.63) is 65.2 Å². The number of hydrogen-bond donors (Lipinski definition) is 3. The van der Waals surface area contributed by atoms with Crippen LogP contribution in [0.2, 0.25) is 0 Å². The maximum absolute atomic E-state index is 12.2. The van der Waals surface area contributed by atoms with Crippen LogP contribution in [0.25, 0.3) is 0 Å². The molecule has 2 rings (SSSR count). The number of ether oxygens (including phenoxy) is 1. The second-order valence-corrected chi connectivity index (χ2v) is 5.30. The normalized spacial score (nSPS) is 9.80. The lowest BCUT2D eigenvalue weighted by atomic mass is 10.1. The number of carbonyl (C=O) groups excluding carboxylic acids is 3. The number of amides is 2. The van der Waals surface area contributed by atoms with Gasteiger partial charge in [-0.1, -0.05) is 12.1 Å². The molecule has 0 atom stereocenters. The highest BCUT2D eigenvalue weighted by atomic mass is 32.1. The Morgan fingerprint density at radius 3 is 2.20 bits per heavy atom. The standard InChI is InChI=1S/C17H15N3O4S/c1-24-16(23)11-8-6-10(7-9-11)15(22)20-17(25)19-13-5-3-2-4-12(13)14(18)21/h2-9H,1H3,(H2,18,21)(H2,19,20,22,25). The number of methoxy groups -OCH3 is 1. The van der Waals surface area contributed by atoms with Crippen LogP contribution in [-0.4, -0.2) is 30.0 Å². The van der Waals surface area contributed by atoms with Crippen molar-refractivity contribution >= 4 is 40.8 Å². The summed E-state index contributed by atoms with van der Waals surface area (Å²) in [5.74, 6) is -1.58. The first kappa shape index (κ1) is 18.1. The zero-order valence-electron chi connectivity index (χ0n) is 13.2. The molecule has 0 aliphatic rings. The number of anilines is 1. The van der Waals surface area contributed by atoms with E-state index in [0.717, 1.165) is 0 Å². The van der Waals surface area contributed by atoms with Crippen LogP contribution in [0.3, 0.4) is 0 Å². The molecule has 0 saturated heterocycles. The van der Waals surface area contributed by atoms with E-state index in [-0.39, 0.29) is 10.7 Å². The van der Waals surface area contributed by atoms with Gasteiger partial charge in [0.1, 0.15) is 0 Å². The van der Waals surface area contributed by atoms with Gasteiger partial charge in [-0.15, -0.1) is 0 Å². The molecule has 0 spiro atoms. The Hall–Kier alpha value is -3.26. The highest BCUT2D eigenvalue weighted by molar-refractivity contribution is 7.80. The van der Waals surface area contributed by atoms with Gasteiger partial charge in [0.25, 0.3) is 11.8 Å². The van der Waals surface area contributed by atoms with Crippen molar-refractivity contribution in [2.45, 2.75) is 0 Å². The SMILES string of the molecule is COC(=O)c1ccc(C(=O)NC(=S)Nc2ccccc2C(N)=O)cc1. The number of esters is 1. The minimum absolute atomic E-state index is 0.00995.